The third-order valence-corrected chi connectivity index (χ3v) is 3.49. The first-order valence-corrected chi connectivity index (χ1v) is 6.78. The highest BCUT2D eigenvalue weighted by atomic mass is 79.9. The maximum atomic E-state index is 13.2. The van der Waals surface area contributed by atoms with Gasteiger partial charge in [-0.1, -0.05) is 18.6 Å². The maximum Gasteiger partial charge on any atom is 0.137 e. The molecule has 1 aromatic rings. The molecule has 4 heteroatoms. The predicted octanol–water partition coefficient (Wildman–Crippen LogP) is 4.09. The van der Waals surface area contributed by atoms with Gasteiger partial charge in [0.05, 0.1) is 4.47 Å². The predicted molar refractivity (Wildman–Crippen MR) is 70.4 cm³/mol. The smallest absolute Gasteiger partial charge is 0.137 e. The van der Waals surface area contributed by atoms with Crippen LogP contribution in [0.2, 0.25) is 0 Å². The Morgan fingerprint density at radius 1 is 1.25 bits per heavy atom. The standard InChI is InChI=1S/C12H16BrClFN/c13-12-10(5-4-6-11(12)15)9-16-8-3-1-2-7-14/h4-6,16H,1-3,7-9H2. The molecule has 0 amide bonds. The minimum absolute atomic E-state index is 0.207. The van der Waals surface area contributed by atoms with Gasteiger partial charge in [0, 0.05) is 12.4 Å². The fourth-order valence-electron chi connectivity index (χ4n) is 1.43. The van der Waals surface area contributed by atoms with Crippen LogP contribution in [0.4, 0.5) is 4.39 Å². The Morgan fingerprint density at radius 3 is 2.81 bits per heavy atom. The lowest BCUT2D eigenvalue weighted by Gasteiger charge is -2.07. The fourth-order valence-corrected chi connectivity index (χ4v) is 2.02. The summed E-state index contributed by atoms with van der Waals surface area (Å²) in [4.78, 5) is 0. The maximum absolute atomic E-state index is 13.2. The zero-order chi connectivity index (χ0) is 11.8. The molecule has 0 aromatic heterocycles. The summed E-state index contributed by atoms with van der Waals surface area (Å²) in [6, 6.07) is 5.09. The molecule has 0 saturated carbocycles. The molecule has 0 radical (unpaired) electrons. The van der Waals surface area contributed by atoms with E-state index >= 15 is 0 Å². The van der Waals surface area contributed by atoms with Crippen molar-refractivity contribution in [3.8, 4) is 0 Å². The number of alkyl halides is 1. The van der Waals surface area contributed by atoms with Crippen LogP contribution in [0.3, 0.4) is 0 Å². The molecule has 1 nitrogen and oxygen atoms in total. The van der Waals surface area contributed by atoms with Crippen molar-refractivity contribution in [2.45, 2.75) is 25.8 Å². The highest BCUT2D eigenvalue weighted by Crippen LogP contribution is 2.19. The second-order valence-electron chi connectivity index (χ2n) is 3.64. The average Bonchev–Trinajstić information content (AvgIpc) is 2.29. The lowest BCUT2D eigenvalue weighted by atomic mass is 10.2. The van der Waals surface area contributed by atoms with E-state index < -0.39 is 0 Å². The summed E-state index contributed by atoms with van der Waals surface area (Å²) in [6.07, 6.45) is 3.31. The van der Waals surface area contributed by atoms with Crippen molar-refractivity contribution in [2.24, 2.45) is 0 Å². The van der Waals surface area contributed by atoms with E-state index in [1.165, 1.54) is 6.07 Å². The Hall–Kier alpha value is -0.120. The van der Waals surface area contributed by atoms with E-state index in [1.807, 2.05) is 6.07 Å². The number of rotatable bonds is 7. The molecule has 0 fully saturated rings. The molecule has 0 atom stereocenters. The molecule has 90 valence electrons. The highest BCUT2D eigenvalue weighted by molar-refractivity contribution is 9.10. The van der Waals surface area contributed by atoms with Gasteiger partial charge in [-0.15, -0.1) is 11.6 Å². The summed E-state index contributed by atoms with van der Waals surface area (Å²) in [5.41, 5.74) is 0.956. The van der Waals surface area contributed by atoms with Crippen molar-refractivity contribution in [3.05, 3.63) is 34.1 Å². The quantitative estimate of drug-likeness (QED) is 0.591. The summed E-state index contributed by atoms with van der Waals surface area (Å²) in [5, 5.41) is 3.29. The van der Waals surface area contributed by atoms with E-state index in [0.717, 1.165) is 37.3 Å². The molecule has 1 rings (SSSR count). The number of unbranched alkanes of at least 4 members (excludes halogenated alkanes) is 2. The SMILES string of the molecule is Fc1cccc(CNCCCCCCl)c1Br. The van der Waals surface area contributed by atoms with E-state index in [0.29, 0.717) is 11.0 Å². The first-order valence-electron chi connectivity index (χ1n) is 5.45. The van der Waals surface area contributed by atoms with Crippen LogP contribution in [0.5, 0.6) is 0 Å². The lowest BCUT2D eigenvalue weighted by molar-refractivity contribution is 0.600. The number of benzene rings is 1. The monoisotopic (exact) mass is 307 g/mol. The largest absolute Gasteiger partial charge is 0.313 e. The van der Waals surface area contributed by atoms with Crippen LogP contribution >= 0.6 is 27.5 Å². The van der Waals surface area contributed by atoms with Gasteiger partial charge in [0.15, 0.2) is 0 Å². The van der Waals surface area contributed by atoms with E-state index in [4.69, 9.17) is 11.6 Å². The Morgan fingerprint density at radius 2 is 2.06 bits per heavy atom. The lowest BCUT2D eigenvalue weighted by Crippen LogP contribution is -2.15. The van der Waals surface area contributed by atoms with Crippen LogP contribution in [0.25, 0.3) is 0 Å². The number of hydrogen-bond acceptors (Lipinski definition) is 1. The molecule has 0 aliphatic heterocycles. The molecule has 0 unspecified atom stereocenters. The summed E-state index contributed by atoms with van der Waals surface area (Å²) < 4.78 is 13.7. The van der Waals surface area contributed by atoms with E-state index in [2.05, 4.69) is 21.2 Å². The van der Waals surface area contributed by atoms with Crippen LogP contribution in [0.15, 0.2) is 22.7 Å². The van der Waals surface area contributed by atoms with Gasteiger partial charge in [0.2, 0.25) is 0 Å². The molecule has 0 saturated heterocycles. The van der Waals surface area contributed by atoms with Gasteiger partial charge >= 0.3 is 0 Å². The molecular formula is C12H16BrClFN. The average molecular weight is 309 g/mol. The summed E-state index contributed by atoms with van der Waals surface area (Å²) >= 11 is 8.82. The van der Waals surface area contributed by atoms with Gasteiger partial charge in [-0.3, -0.25) is 0 Å². The zero-order valence-corrected chi connectivity index (χ0v) is 11.5. The third-order valence-electron chi connectivity index (χ3n) is 2.33. The minimum Gasteiger partial charge on any atom is -0.313 e. The highest BCUT2D eigenvalue weighted by Gasteiger charge is 2.03. The number of nitrogens with one attached hydrogen (secondary N) is 1. The van der Waals surface area contributed by atoms with Gasteiger partial charge in [0.25, 0.3) is 0 Å². The first-order chi connectivity index (χ1) is 7.75. The van der Waals surface area contributed by atoms with E-state index in [-0.39, 0.29) is 5.82 Å². The fraction of sp³-hybridized carbons (Fsp3) is 0.500. The summed E-state index contributed by atoms with van der Waals surface area (Å²) in [6.45, 7) is 1.64. The van der Waals surface area contributed by atoms with Gasteiger partial charge in [-0.05, 0) is 46.9 Å². The molecule has 1 aromatic carbocycles. The van der Waals surface area contributed by atoms with Gasteiger partial charge in [0.1, 0.15) is 5.82 Å². The van der Waals surface area contributed by atoms with Crippen LogP contribution < -0.4 is 5.32 Å². The van der Waals surface area contributed by atoms with Crippen molar-refractivity contribution < 1.29 is 4.39 Å². The Bertz CT molecular complexity index is 320. The first kappa shape index (κ1) is 13.9. The van der Waals surface area contributed by atoms with Gasteiger partial charge in [-0.25, -0.2) is 4.39 Å². The second kappa shape index (κ2) is 8.04. The molecule has 0 heterocycles. The molecule has 0 aliphatic rings. The third kappa shape index (κ3) is 4.81. The second-order valence-corrected chi connectivity index (χ2v) is 4.81. The van der Waals surface area contributed by atoms with Crippen LogP contribution in [0, 0.1) is 5.82 Å². The minimum atomic E-state index is -0.207. The van der Waals surface area contributed by atoms with E-state index in [9.17, 15) is 4.39 Å². The molecule has 0 aliphatic carbocycles. The zero-order valence-electron chi connectivity index (χ0n) is 9.11. The Labute approximate surface area is 110 Å². The molecule has 0 spiro atoms. The molecule has 1 N–H and O–H groups in total. The summed E-state index contributed by atoms with van der Waals surface area (Å²) in [5.74, 6) is 0.525. The molecule has 0 bridgehead atoms. The van der Waals surface area contributed by atoms with Crippen LogP contribution in [-0.4, -0.2) is 12.4 Å². The van der Waals surface area contributed by atoms with Gasteiger partial charge < -0.3 is 5.32 Å². The molecule has 16 heavy (non-hydrogen) atoms. The number of halogens is 3. The normalized spacial score (nSPS) is 10.7. The van der Waals surface area contributed by atoms with E-state index in [1.54, 1.807) is 6.07 Å². The summed E-state index contributed by atoms with van der Waals surface area (Å²) in [7, 11) is 0. The van der Waals surface area contributed by atoms with Gasteiger partial charge in [-0.2, -0.15) is 0 Å². The van der Waals surface area contributed by atoms with Crippen molar-refractivity contribution in [1.82, 2.24) is 5.32 Å². The van der Waals surface area contributed by atoms with Crippen molar-refractivity contribution in [3.63, 3.8) is 0 Å². The van der Waals surface area contributed by atoms with Crippen LogP contribution in [-0.2, 0) is 6.54 Å². The molecular weight excluding hydrogens is 292 g/mol. The van der Waals surface area contributed by atoms with Crippen molar-refractivity contribution in [2.75, 3.05) is 12.4 Å². The van der Waals surface area contributed by atoms with Crippen molar-refractivity contribution in [1.29, 1.82) is 0 Å². The topological polar surface area (TPSA) is 12.0 Å². The number of hydrogen-bond donors (Lipinski definition) is 1. The Kier molecular flexibility index (Phi) is 7.01. The van der Waals surface area contributed by atoms with Crippen molar-refractivity contribution >= 4 is 27.5 Å². The van der Waals surface area contributed by atoms with Crippen LogP contribution in [0.1, 0.15) is 24.8 Å². The Balaban J connectivity index is 2.24.